The summed E-state index contributed by atoms with van der Waals surface area (Å²) in [5, 5.41) is 12.7. The van der Waals surface area contributed by atoms with Gasteiger partial charge in [0.05, 0.1) is 23.1 Å². The molecular weight excluding hydrogens is 642 g/mol. The van der Waals surface area contributed by atoms with Gasteiger partial charge in [0, 0.05) is 66.4 Å². The van der Waals surface area contributed by atoms with Gasteiger partial charge in [0.15, 0.2) is 0 Å². The molecule has 10 rings (SSSR count). The highest BCUT2D eigenvalue weighted by molar-refractivity contribution is 5.90. The number of aldehydes is 1. The Morgan fingerprint density at radius 3 is 2.00 bits per heavy atom. The van der Waals surface area contributed by atoms with Gasteiger partial charge in [0.25, 0.3) is 0 Å². The van der Waals surface area contributed by atoms with Gasteiger partial charge in [-0.2, -0.15) is 0 Å². The van der Waals surface area contributed by atoms with Crippen molar-refractivity contribution in [2.24, 2.45) is 39.9 Å². The number of carbonyl (C=O) groups is 5. The van der Waals surface area contributed by atoms with Crippen LogP contribution in [0.1, 0.15) is 54.3 Å². The van der Waals surface area contributed by atoms with Gasteiger partial charge in [-0.25, -0.2) is 9.59 Å². The van der Waals surface area contributed by atoms with Gasteiger partial charge in [0.2, 0.25) is 0 Å². The summed E-state index contributed by atoms with van der Waals surface area (Å²) in [7, 11) is 1.88. The van der Waals surface area contributed by atoms with E-state index < -0.39 is 106 Å². The molecule has 6 saturated carbocycles. The molecule has 14 atom stereocenters. The number of esters is 4. The zero-order valence-corrected chi connectivity index (χ0v) is 28.4. The zero-order valence-electron chi connectivity index (χ0n) is 28.4. The van der Waals surface area contributed by atoms with Crippen molar-refractivity contribution < 1.29 is 48.0 Å². The molecule has 7 bridgehead atoms. The van der Waals surface area contributed by atoms with Crippen molar-refractivity contribution in [1.29, 1.82) is 0 Å². The van der Waals surface area contributed by atoms with E-state index in [4.69, 9.17) is 18.9 Å². The van der Waals surface area contributed by atoms with E-state index in [-0.39, 0.29) is 6.42 Å². The highest BCUT2D eigenvalue weighted by Gasteiger charge is 2.93. The third-order valence-electron chi connectivity index (χ3n) is 13.2. The molecule has 8 fully saturated rings. The van der Waals surface area contributed by atoms with Crippen LogP contribution in [0.25, 0.3) is 0 Å². The monoisotopic (exact) mass is 683 g/mol. The van der Waals surface area contributed by atoms with E-state index in [1.54, 1.807) is 67.6 Å². The first-order valence-electron chi connectivity index (χ1n) is 17.2. The molecule has 0 amide bonds. The number of benzene rings is 2. The number of carbonyl (C=O) groups excluding carboxylic acids is 5. The molecule has 2 aromatic rings. The number of aliphatic hydroxyl groups excluding tert-OH is 1. The second-order valence-corrected chi connectivity index (χ2v) is 15.5. The number of piperidine rings is 1. The second kappa shape index (κ2) is 11.1. The Morgan fingerprint density at radius 1 is 0.860 bits per heavy atom. The maximum absolute atomic E-state index is 13.8. The SMILES string of the molecule is C=C1C[C@]23[C@@H]4[C@@H](OC(=O)c5ccccc5)[C@H]1[C@@H](OC(C)=O)[C@H]2[C@@]12[C@H](OC(C)=O)[C@@H](OC(=O)c5ccccc5)C[C@@](C)(C=O)[C@H]1[C@H]([C@H]3O)N(C)[C@H]42. The summed E-state index contributed by atoms with van der Waals surface area (Å²) in [5.74, 6) is -4.83. The first-order chi connectivity index (χ1) is 23.8. The Kier molecular flexibility index (Phi) is 7.27. The Labute approximate surface area is 289 Å². The highest BCUT2D eigenvalue weighted by Crippen LogP contribution is 2.85. The van der Waals surface area contributed by atoms with Crippen LogP contribution in [0.3, 0.4) is 0 Å². The molecule has 0 unspecified atom stereocenters. The summed E-state index contributed by atoms with van der Waals surface area (Å²) in [6, 6.07) is 15.9. The lowest BCUT2D eigenvalue weighted by Gasteiger charge is -2.69. The largest absolute Gasteiger partial charge is 0.461 e. The quantitative estimate of drug-likeness (QED) is 0.198. The molecule has 6 aliphatic carbocycles. The number of hydrogen-bond donors (Lipinski definition) is 1. The summed E-state index contributed by atoms with van der Waals surface area (Å²) >= 11 is 0. The summed E-state index contributed by atoms with van der Waals surface area (Å²) in [6.45, 7) is 8.80. The van der Waals surface area contributed by atoms with Crippen LogP contribution in [0.4, 0.5) is 0 Å². The molecule has 2 aliphatic heterocycles. The number of fused-ring (bicyclic) bond motifs is 1. The standard InChI is InChI=1S/C39H41NO10/c1-19-16-38-26-28(50-36(46)23-14-10-7-11-15-23)25(19)29(47-20(2)42)31(38)39-30(27(33(38)44)40(5)32(26)39)37(4,18-41)17-24(34(39)48-21(3)43)49-35(45)22-12-8-6-9-13-22/h6-15,18,24-34,44H,1,16-17H2,2-5H3/t24-,25-,26+,27+,28-,29+,30+,31+,32+,33+,34+,37-,38-,39-/m0/s1. The van der Waals surface area contributed by atoms with Gasteiger partial charge < -0.3 is 28.8 Å². The van der Waals surface area contributed by atoms with E-state index in [1.807, 2.05) is 7.05 Å². The minimum atomic E-state index is -1.17. The topological polar surface area (TPSA) is 146 Å². The normalized spacial score (nSPS) is 43.1. The van der Waals surface area contributed by atoms with Crippen molar-refractivity contribution in [2.75, 3.05) is 7.05 Å². The molecule has 0 aromatic heterocycles. The van der Waals surface area contributed by atoms with Crippen molar-refractivity contribution in [3.63, 3.8) is 0 Å². The molecule has 11 heteroatoms. The number of ether oxygens (including phenoxy) is 4. The number of aliphatic hydroxyl groups is 1. The van der Waals surface area contributed by atoms with Crippen molar-refractivity contribution in [1.82, 2.24) is 4.90 Å². The molecule has 2 spiro atoms. The molecule has 50 heavy (non-hydrogen) atoms. The van der Waals surface area contributed by atoms with Crippen LogP contribution in [-0.4, -0.2) is 89.8 Å². The predicted octanol–water partition coefficient (Wildman–Crippen LogP) is 3.39. The van der Waals surface area contributed by atoms with Gasteiger partial charge in [-0.1, -0.05) is 55.5 Å². The van der Waals surface area contributed by atoms with Crippen molar-refractivity contribution >= 4 is 30.2 Å². The molecule has 2 aromatic carbocycles. The van der Waals surface area contributed by atoms with E-state index in [1.165, 1.54) is 13.8 Å². The number of hydrogen-bond acceptors (Lipinski definition) is 11. The van der Waals surface area contributed by atoms with Crippen molar-refractivity contribution in [3.05, 3.63) is 83.9 Å². The smallest absolute Gasteiger partial charge is 0.338 e. The van der Waals surface area contributed by atoms with Gasteiger partial charge in [-0.3, -0.25) is 14.5 Å². The van der Waals surface area contributed by atoms with Crippen LogP contribution in [0.5, 0.6) is 0 Å². The van der Waals surface area contributed by atoms with E-state index in [9.17, 15) is 29.1 Å². The summed E-state index contributed by atoms with van der Waals surface area (Å²) in [6.07, 6.45) is -3.76. The Balaban J connectivity index is 1.35. The van der Waals surface area contributed by atoms with Crippen LogP contribution in [-0.2, 0) is 33.3 Å². The predicted molar refractivity (Wildman–Crippen MR) is 175 cm³/mol. The first kappa shape index (κ1) is 32.8. The molecule has 11 nitrogen and oxygen atoms in total. The molecular formula is C39H41NO10. The zero-order chi connectivity index (χ0) is 35.5. The maximum Gasteiger partial charge on any atom is 0.338 e. The fraction of sp³-hybridized carbons (Fsp3) is 0.513. The minimum Gasteiger partial charge on any atom is -0.461 e. The number of nitrogens with zero attached hydrogens (tertiary/aromatic N) is 1. The molecule has 0 radical (unpaired) electrons. The average molecular weight is 684 g/mol. The number of likely N-dealkylation sites (N-methyl/N-ethyl adjacent to an activating group) is 1. The lowest BCUT2D eigenvalue weighted by Crippen LogP contribution is -2.77. The van der Waals surface area contributed by atoms with Crippen LogP contribution in [0.2, 0.25) is 0 Å². The molecule has 262 valence electrons. The summed E-state index contributed by atoms with van der Waals surface area (Å²) in [4.78, 5) is 69.1. The molecule has 2 heterocycles. The Hall–Kier alpha value is -4.35. The van der Waals surface area contributed by atoms with Gasteiger partial charge in [-0.15, -0.1) is 0 Å². The van der Waals surface area contributed by atoms with Crippen LogP contribution in [0.15, 0.2) is 72.8 Å². The van der Waals surface area contributed by atoms with E-state index in [0.29, 0.717) is 23.1 Å². The fourth-order valence-corrected chi connectivity index (χ4v) is 12.3. The van der Waals surface area contributed by atoms with E-state index in [0.717, 1.165) is 6.29 Å². The Bertz CT molecular complexity index is 1800. The maximum atomic E-state index is 13.8. The average Bonchev–Trinajstić information content (AvgIpc) is 3.41. The number of rotatable bonds is 7. The van der Waals surface area contributed by atoms with Crippen LogP contribution < -0.4 is 0 Å². The van der Waals surface area contributed by atoms with Crippen molar-refractivity contribution in [3.8, 4) is 0 Å². The third-order valence-corrected chi connectivity index (χ3v) is 13.2. The highest BCUT2D eigenvalue weighted by atomic mass is 16.6. The summed E-state index contributed by atoms with van der Waals surface area (Å²) in [5.41, 5.74) is -2.04. The third kappa shape index (κ3) is 4.01. The van der Waals surface area contributed by atoms with Gasteiger partial charge in [-0.05, 0) is 37.7 Å². The lowest BCUT2D eigenvalue weighted by molar-refractivity contribution is -0.286. The van der Waals surface area contributed by atoms with Gasteiger partial charge >= 0.3 is 23.9 Å². The van der Waals surface area contributed by atoms with Gasteiger partial charge in [0.1, 0.15) is 30.7 Å². The second-order valence-electron chi connectivity index (χ2n) is 15.5. The molecule has 2 saturated heterocycles. The Morgan fingerprint density at radius 2 is 1.44 bits per heavy atom. The van der Waals surface area contributed by atoms with Crippen LogP contribution in [0, 0.1) is 39.9 Å². The molecule has 8 aliphatic rings. The van der Waals surface area contributed by atoms with E-state index >= 15 is 0 Å². The summed E-state index contributed by atoms with van der Waals surface area (Å²) < 4.78 is 25.3. The first-order valence-corrected chi connectivity index (χ1v) is 17.2. The van der Waals surface area contributed by atoms with E-state index in [2.05, 4.69) is 11.5 Å². The lowest BCUT2D eigenvalue weighted by atomic mass is 9.37. The molecule has 1 N–H and O–H groups in total. The van der Waals surface area contributed by atoms with Crippen LogP contribution >= 0.6 is 0 Å². The minimum absolute atomic E-state index is 0.0361. The van der Waals surface area contributed by atoms with Crippen molar-refractivity contribution in [2.45, 2.75) is 76.2 Å². The fourth-order valence-electron chi connectivity index (χ4n) is 12.3.